The normalized spacial score (nSPS) is 21.1. The molecular weight excluding hydrogens is 192 g/mol. The van der Waals surface area contributed by atoms with E-state index in [1.165, 1.54) is 5.69 Å². The van der Waals surface area contributed by atoms with Crippen LogP contribution in [0.4, 0.5) is 0 Å². The Kier molecular flexibility index (Phi) is 2.73. The standard InChI is InChI=1S/C10H16N4O/c1-11-10(15)5-9-7-13(2)6-8-3-4-12-14(8)9/h3-4,9H,5-7H2,1-2H3,(H,11,15). The molecule has 1 aliphatic rings. The summed E-state index contributed by atoms with van der Waals surface area (Å²) in [4.78, 5) is 13.6. The minimum absolute atomic E-state index is 0.0664. The quantitative estimate of drug-likeness (QED) is 0.744. The van der Waals surface area contributed by atoms with Crippen molar-refractivity contribution in [3.05, 3.63) is 18.0 Å². The van der Waals surface area contributed by atoms with E-state index >= 15 is 0 Å². The zero-order chi connectivity index (χ0) is 10.8. The number of rotatable bonds is 2. The van der Waals surface area contributed by atoms with Crippen LogP contribution in [0.25, 0.3) is 0 Å². The van der Waals surface area contributed by atoms with Crippen LogP contribution in [0.2, 0.25) is 0 Å². The first-order valence-corrected chi connectivity index (χ1v) is 5.12. The summed E-state index contributed by atoms with van der Waals surface area (Å²) in [5, 5.41) is 6.92. The Morgan fingerprint density at radius 3 is 3.27 bits per heavy atom. The van der Waals surface area contributed by atoms with Gasteiger partial charge in [0.15, 0.2) is 0 Å². The molecular formula is C10H16N4O. The second-order valence-electron chi connectivity index (χ2n) is 3.99. The van der Waals surface area contributed by atoms with Crippen LogP contribution < -0.4 is 5.32 Å². The molecule has 1 N–H and O–H groups in total. The van der Waals surface area contributed by atoms with Crippen molar-refractivity contribution in [3.63, 3.8) is 0 Å². The van der Waals surface area contributed by atoms with Crippen LogP contribution in [0.15, 0.2) is 12.3 Å². The fourth-order valence-corrected chi connectivity index (χ4v) is 2.04. The summed E-state index contributed by atoms with van der Waals surface area (Å²) in [6.45, 7) is 1.78. The minimum Gasteiger partial charge on any atom is -0.359 e. The zero-order valence-corrected chi connectivity index (χ0v) is 9.10. The Labute approximate surface area is 89.1 Å². The van der Waals surface area contributed by atoms with E-state index in [0.717, 1.165) is 13.1 Å². The van der Waals surface area contributed by atoms with E-state index in [9.17, 15) is 4.79 Å². The van der Waals surface area contributed by atoms with Crippen molar-refractivity contribution in [2.24, 2.45) is 0 Å². The smallest absolute Gasteiger partial charge is 0.221 e. The number of carbonyl (C=O) groups excluding carboxylic acids is 1. The van der Waals surface area contributed by atoms with Crippen LogP contribution in [-0.2, 0) is 11.3 Å². The van der Waals surface area contributed by atoms with Gasteiger partial charge in [-0.2, -0.15) is 5.10 Å². The van der Waals surface area contributed by atoms with Crippen LogP contribution in [0.1, 0.15) is 18.2 Å². The van der Waals surface area contributed by atoms with Gasteiger partial charge in [0.1, 0.15) is 0 Å². The molecule has 1 aromatic rings. The average molecular weight is 208 g/mol. The summed E-state index contributed by atoms with van der Waals surface area (Å²) in [6.07, 6.45) is 2.29. The van der Waals surface area contributed by atoms with E-state index < -0.39 is 0 Å². The first kappa shape index (κ1) is 10.2. The second-order valence-corrected chi connectivity index (χ2v) is 3.99. The lowest BCUT2D eigenvalue weighted by molar-refractivity contribution is -0.121. The third-order valence-electron chi connectivity index (χ3n) is 2.75. The van der Waals surface area contributed by atoms with E-state index in [1.54, 1.807) is 13.2 Å². The number of nitrogens with zero attached hydrogens (tertiary/aromatic N) is 3. The highest BCUT2D eigenvalue weighted by Crippen LogP contribution is 2.21. The maximum atomic E-state index is 11.3. The fourth-order valence-electron chi connectivity index (χ4n) is 2.04. The van der Waals surface area contributed by atoms with Crippen molar-refractivity contribution >= 4 is 5.91 Å². The van der Waals surface area contributed by atoms with Gasteiger partial charge in [0.05, 0.1) is 18.2 Å². The fraction of sp³-hybridized carbons (Fsp3) is 0.600. The molecule has 0 saturated heterocycles. The number of likely N-dealkylation sites (N-methyl/N-ethyl adjacent to an activating group) is 1. The van der Waals surface area contributed by atoms with Crippen LogP contribution >= 0.6 is 0 Å². The highest BCUT2D eigenvalue weighted by atomic mass is 16.1. The van der Waals surface area contributed by atoms with Crippen molar-refractivity contribution in [2.75, 3.05) is 20.6 Å². The third kappa shape index (κ3) is 2.02. The maximum Gasteiger partial charge on any atom is 0.221 e. The summed E-state index contributed by atoms with van der Waals surface area (Å²) in [7, 11) is 3.73. The summed E-state index contributed by atoms with van der Waals surface area (Å²) in [6, 6.07) is 2.17. The number of hydrogen-bond donors (Lipinski definition) is 1. The predicted molar refractivity (Wildman–Crippen MR) is 56.3 cm³/mol. The molecule has 1 unspecified atom stereocenters. The molecule has 1 amide bonds. The second kappa shape index (κ2) is 4.02. The van der Waals surface area contributed by atoms with Crippen molar-refractivity contribution in [1.82, 2.24) is 20.0 Å². The van der Waals surface area contributed by atoms with Gasteiger partial charge in [-0.3, -0.25) is 14.4 Å². The molecule has 82 valence electrons. The summed E-state index contributed by atoms with van der Waals surface area (Å²) >= 11 is 0. The SMILES string of the molecule is CNC(=O)CC1CN(C)Cc2ccnn21. The number of aromatic nitrogens is 2. The van der Waals surface area contributed by atoms with E-state index in [2.05, 4.69) is 22.4 Å². The molecule has 0 saturated carbocycles. The van der Waals surface area contributed by atoms with Crippen molar-refractivity contribution < 1.29 is 4.79 Å². The van der Waals surface area contributed by atoms with E-state index in [4.69, 9.17) is 0 Å². The monoisotopic (exact) mass is 208 g/mol. The number of amides is 1. The molecule has 1 atom stereocenters. The summed E-state index contributed by atoms with van der Waals surface area (Å²) in [5.41, 5.74) is 1.18. The molecule has 1 aliphatic heterocycles. The number of fused-ring (bicyclic) bond motifs is 1. The number of carbonyl (C=O) groups is 1. The highest BCUT2D eigenvalue weighted by molar-refractivity contribution is 5.76. The topological polar surface area (TPSA) is 50.2 Å². The van der Waals surface area contributed by atoms with Crippen molar-refractivity contribution in [1.29, 1.82) is 0 Å². The summed E-state index contributed by atoms with van der Waals surface area (Å²) in [5.74, 6) is 0.0664. The highest BCUT2D eigenvalue weighted by Gasteiger charge is 2.24. The Morgan fingerprint density at radius 1 is 1.73 bits per heavy atom. The van der Waals surface area contributed by atoms with E-state index in [0.29, 0.717) is 6.42 Å². The van der Waals surface area contributed by atoms with Crippen LogP contribution in [0.3, 0.4) is 0 Å². The van der Waals surface area contributed by atoms with Gasteiger partial charge in [-0.05, 0) is 13.1 Å². The van der Waals surface area contributed by atoms with Crippen LogP contribution in [0, 0.1) is 0 Å². The lowest BCUT2D eigenvalue weighted by Crippen LogP contribution is -2.37. The molecule has 5 heteroatoms. The largest absolute Gasteiger partial charge is 0.359 e. The van der Waals surface area contributed by atoms with Gasteiger partial charge in [-0.1, -0.05) is 0 Å². The molecule has 0 bridgehead atoms. The molecule has 0 radical (unpaired) electrons. The minimum atomic E-state index is 0.0664. The predicted octanol–water partition coefficient (Wildman–Crippen LogP) is 0.00570. The lowest BCUT2D eigenvalue weighted by Gasteiger charge is -2.30. The first-order valence-electron chi connectivity index (χ1n) is 5.12. The van der Waals surface area contributed by atoms with Crippen molar-refractivity contribution in [2.45, 2.75) is 19.0 Å². The first-order chi connectivity index (χ1) is 7.20. The van der Waals surface area contributed by atoms with Gasteiger partial charge in [0, 0.05) is 26.3 Å². The van der Waals surface area contributed by atoms with Gasteiger partial charge >= 0.3 is 0 Å². The van der Waals surface area contributed by atoms with Gasteiger partial charge in [-0.25, -0.2) is 0 Å². The molecule has 15 heavy (non-hydrogen) atoms. The van der Waals surface area contributed by atoms with Crippen molar-refractivity contribution in [3.8, 4) is 0 Å². The molecule has 0 fully saturated rings. The molecule has 5 nitrogen and oxygen atoms in total. The third-order valence-corrected chi connectivity index (χ3v) is 2.75. The van der Waals surface area contributed by atoms with Gasteiger partial charge in [-0.15, -0.1) is 0 Å². The lowest BCUT2D eigenvalue weighted by atomic mass is 10.1. The number of nitrogens with one attached hydrogen (secondary N) is 1. The van der Waals surface area contributed by atoms with Gasteiger partial charge in [0.2, 0.25) is 5.91 Å². The van der Waals surface area contributed by atoms with Crippen LogP contribution in [0.5, 0.6) is 0 Å². The number of hydrogen-bond acceptors (Lipinski definition) is 3. The summed E-state index contributed by atoms with van der Waals surface area (Å²) < 4.78 is 1.97. The zero-order valence-electron chi connectivity index (χ0n) is 9.10. The Bertz CT molecular complexity index is 360. The molecule has 0 spiro atoms. The Hall–Kier alpha value is -1.36. The maximum absolute atomic E-state index is 11.3. The van der Waals surface area contributed by atoms with E-state index in [-0.39, 0.29) is 11.9 Å². The van der Waals surface area contributed by atoms with E-state index in [1.807, 2.05) is 10.7 Å². The average Bonchev–Trinajstić information content (AvgIpc) is 2.65. The molecule has 2 heterocycles. The molecule has 2 rings (SSSR count). The van der Waals surface area contributed by atoms with Gasteiger partial charge in [0.25, 0.3) is 0 Å². The molecule has 1 aromatic heterocycles. The Morgan fingerprint density at radius 2 is 2.53 bits per heavy atom. The molecule has 0 aromatic carbocycles. The van der Waals surface area contributed by atoms with Gasteiger partial charge < -0.3 is 5.32 Å². The Balaban J connectivity index is 2.16. The molecule has 0 aliphatic carbocycles. The van der Waals surface area contributed by atoms with Crippen LogP contribution in [-0.4, -0.2) is 41.2 Å².